The largest absolute Gasteiger partial charge is 0.460 e. The number of rotatable bonds is 6. The van der Waals surface area contributed by atoms with Gasteiger partial charge in [-0.05, 0) is 49.0 Å². The predicted octanol–water partition coefficient (Wildman–Crippen LogP) is 3.96. The number of aromatic nitrogens is 1. The summed E-state index contributed by atoms with van der Waals surface area (Å²) in [7, 11) is 0. The lowest BCUT2D eigenvalue weighted by atomic mass is 9.75. The van der Waals surface area contributed by atoms with E-state index in [1.54, 1.807) is 18.3 Å². The molecule has 1 fully saturated rings. The van der Waals surface area contributed by atoms with Gasteiger partial charge in [0, 0.05) is 6.20 Å². The molecule has 138 valence electrons. The molecule has 0 unspecified atom stereocenters. The van der Waals surface area contributed by atoms with E-state index >= 15 is 0 Å². The number of pyridine rings is 1. The molecular weight excluding hydrogens is 338 g/mol. The number of hydrogen-bond donors (Lipinski definition) is 0. The third-order valence-electron chi connectivity index (χ3n) is 4.75. The summed E-state index contributed by atoms with van der Waals surface area (Å²) in [5.74, 6) is 0.360. The summed E-state index contributed by atoms with van der Waals surface area (Å²) in [6, 6.07) is 3.31. The van der Waals surface area contributed by atoms with Gasteiger partial charge in [0.2, 0.25) is 0 Å². The Balaban J connectivity index is 1.90. The highest BCUT2D eigenvalue weighted by molar-refractivity contribution is 7.98. The van der Waals surface area contributed by atoms with Crippen LogP contribution in [0.25, 0.3) is 0 Å². The molecule has 0 aliphatic heterocycles. The number of carbonyl (C=O) groups is 2. The van der Waals surface area contributed by atoms with E-state index in [2.05, 4.69) is 25.8 Å². The van der Waals surface area contributed by atoms with Crippen LogP contribution in [0, 0.1) is 17.8 Å². The van der Waals surface area contributed by atoms with Crippen LogP contribution in [0.3, 0.4) is 0 Å². The van der Waals surface area contributed by atoms with Crippen LogP contribution in [-0.2, 0) is 14.3 Å². The predicted molar refractivity (Wildman–Crippen MR) is 97.5 cm³/mol. The first-order valence-corrected chi connectivity index (χ1v) is 10.0. The highest BCUT2D eigenvalue weighted by Gasteiger charge is 2.33. The van der Waals surface area contributed by atoms with Gasteiger partial charge in [-0.1, -0.05) is 27.2 Å². The zero-order valence-electron chi connectivity index (χ0n) is 15.4. The van der Waals surface area contributed by atoms with Gasteiger partial charge in [0.1, 0.15) is 11.1 Å². The Bertz CT molecular complexity index is 605. The summed E-state index contributed by atoms with van der Waals surface area (Å²) in [5.41, 5.74) is 0.370. The van der Waals surface area contributed by atoms with Gasteiger partial charge in [-0.2, -0.15) is 0 Å². The summed E-state index contributed by atoms with van der Waals surface area (Å²) >= 11 is 1.36. The molecule has 6 heteroatoms. The van der Waals surface area contributed by atoms with Gasteiger partial charge in [0.05, 0.1) is 5.56 Å². The van der Waals surface area contributed by atoms with Gasteiger partial charge < -0.3 is 9.47 Å². The monoisotopic (exact) mass is 365 g/mol. The summed E-state index contributed by atoms with van der Waals surface area (Å²) in [4.78, 5) is 28.4. The first kappa shape index (κ1) is 19.8. The van der Waals surface area contributed by atoms with E-state index in [4.69, 9.17) is 9.47 Å². The number of carbonyl (C=O) groups excluding carboxylic acids is 2. The third kappa shape index (κ3) is 5.46. The van der Waals surface area contributed by atoms with Crippen molar-refractivity contribution in [1.29, 1.82) is 0 Å². The van der Waals surface area contributed by atoms with Gasteiger partial charge in [0.15, 0.2) is 6.61 Å². The van der Waals surface area contributed by atoms with Gasteiger partial charge in [-0.25, -0.2) is 14.6 Å². The zero-order chi connectivity index (χ0) is 18.4. The molecule has 25 heavy (non-hydrogen) atoms. The van der Waals surface area contributed by atoms with Crippen molar-refractivity contribution < 1.29 is 19.1 Å². The number of thioether (sulfide) groups is 1. The smallest absolute Gasteiger partial charge is 0.344 e. The van der Waals surface area contributed by atoms with Gasteiger partial charge in [-0.3, -0.25) is 0 Å². The number of hydrogen-bond acceptors (Lipinski definition) is 6. The lowest BCUT2D eigenvalue weighted by Gasteiger charge is -2.36. The van der Waals surface area contributed by atoms with Crippen molar-refractivity contribution >= 4 is 23.7 Å². The standard InChI is InChI=1S/C19H27NO4S/c1-12(2)14-8-7-13(3)10-16(14)24-17(21)11-23-19(22)15-6-5-9-20-18(15)25-4/h5-6,9,12-14,16H,7-8,10-11H2,1-4H3/t13-,14-,16-/m1/s1. The first-order chi connectivity index (χ1) is 11.9. The Hall–Kier alpha value is -1.56. The molecule has 1 aromatic rings. The maximum Gasteiger partial charge on any atom is 0.344 e. The Morgan fingerprint density at radius 2 is 2.12 bits per heavy atom. The average Bonchev–Trinajstić information content (AvgIpc) is 2.59. The minimum Gasteiger partial charge on any atom is -0.460 e. The molecule has 0 radical (unpaired) electrons. The number of ether oxygens (including phenoxy) is 2. The summed E-state index contributed by atoms with van der Waals surface area (Å²) < 4.78 is 10.8. The van der Waals surface area contributed by atoms with Crippen LogP contribution in [0.2, 0.25) is 0 Å². The van der Waals surface area contributed by atoms with E-state index in [0.717, 1.165) is 12.8 Å². The highest BCUT2D eigenvalue weighted by atomic mass is 32.2. The molecule has 1 aromatic heterocycles. The number of esters is 2. The van der Waals surface area contributed by atoms with E-state index in [9.17, 15) is 9.59 Å². The second kappa shape index (κ2) is 9.22. The molecule has 3 atom stereocenters. The quantitative estimate of drug-likeness (QED) is 0.561. The minimum atomic E-state index is -0.549. The molecule has 0 saturated heterocycles. The molecule has 0 bridgehead atoms. The molecular formula is C19H27NO4S. The van der Waals surface area contributed by atoms with Gasteiger partial charge >= 0.3 is 11.9 Å². The van der Waals surface area contributed by atoms with Crippen molar-refractivity contribution in [3.05, 3.63) is 23.9 Å². The van der Waals surface area contributed by atoms with Crippen LogP contribution in [0.15, 0.2) is 23.4 Å². The molecule has 1 saturated carbocycles. The highest BCUT2D eigenvalue weighted by Crippen LogP contribution is 2.35. The first-order valence-electron chi connectivity index (χ1n) is 8.78. The fourth-order valence-electron chi connectivity index (χ4n) is 3.36. The normalized spacial score (nSPS) is 23.3. The summed E-state index contributed by atoms with van der Waals surface area (Å²) in [6.07, 6.45) is 6.49. The van der Waals surface area contributed by atoms with Gasteiger partial charge in [0.25, 0.3) is 0 Å². The van der Waals surface area contributed by atoms with E-state index in [0.29, 0.717) is 28.3 Å². The topological polar surface area (TPSA) is 65.5 Å². The Labute approximate surface area is 153 Å². The average molecular weight is 365 g/mol. The molecule has 0 amide bonds. The molecule has 2 rings (SSSR count). The lowest BCUT2D eigenvalue weighted by molar-refractivity contribution is -0.159. The van der Waals surface area contributed by atoms with Crippen LogP contribution < -0.4 is 0 Å². The molecule has 1 heterocycles. The molecule has 5 nitrogen and oxygen atoms in total. The van der Waals surface area contributed by atoms with Crippen molar-refractivity contribution in [2.45, 2.75) is 51.2 Å². The summed E-state index contributed by atoms with van der Waals surface area (Å²) in [6.45, 7) is 6.14. The maximum absolute atomic E-state index is 12.2. The lowest BCUT2D eigenvalue weighted by Crippen LogP contribution is -2.36. The molecule has 0 spiro atoms. The van der Waals surface area contributed by atoms with Crippen LogP contribution >= 0.6 is 11.8 Å². The van der Waals surface area contributed by atoms with Crippen molar-refractivity contribution in [2.24, 2.45) is 17.8 Å². The van der Waals surface area contributed by atoms with E-state index < -0.39 is 11.9 Å². The SMILES string of the molecule is CSc1ncccc1C(=O)OCC(=O)O[C@@H]1C[C@H](C)CC[C@@H]1C(C)C. The second-order valence-corrected chi connectivity index (χ2v) is 7.79. The van der Waals surface area contributed by atoms with Gasteiger partial charge in [-0.15, -0.1) is 11.8 Å². The van der Waals surface area contributed by atoms with E-state index in [-0.39, 0.29) is 12.7 Å². The maximum atomic E-state index is 12.2. The minimum absolute atomic E-state index is 0.0879. The molecule has 0 aromatic carbocycles. The van der Waals surface area contributed by atoms with Crippen molar-refractivity contribution in [1.82, 2.24) is 4.98 Å². The Morgan fingerprint density at radius 3 is 2.80 bits per heavy atom. The van der Waals surface area contributed by atoms with Crippen LogP contribution in [0.4, 0.5) is 0 Å². The van der Waals surface area contributed by atoms with Crippen LogP contribution in [0.5, 0.6) is 0 Å². The fourth-order valence-corrected chi connectivity index (χ4v) is 3.90. The molecule has 1 aliphatic rings. The zero-order valence-corrected chi connectivity index (χ0v) is 16.2. The summed E-state index contributed by atoms with van der Waals surface area (Å²) in [5, 5.41) is 0.585. The Morgan fingerprint density at radius 1 is 1.36 bits per heavy atom. The van der Waals surface area contributed by atoms with E-state index in [1.807, 2.05) is 6.26 Å². The van der Waals surface area contributed by atoms with Crippen molar-refractivity contribution in [3.8, 4) is 0 Å². The fraction of sp³-hybridized carbons (Fsp3) is 0.632. The van der Waals surface area contributed by atoms with Crippen molar-refractivity contribution in [3.63, 3.8) is 0 Å². The van der Waals surface area contributed by atoms with Crippen LogP contribution in [0.1, 0.15) is 50.4 Å². The van der Waals surface area contributed by atoms with E-state index in [1.165, 1.54) is 18.2 Å². The molecule has 0 N–H and O–H groups in total. The third-order valence-corrected chi connectivity index (χ3v) is 5.46. The molecule has 1 aliphatic carbocycles. The Kier molecular flexibility index (Phi) is 7.29. The van der Waals surface area contributed by atoms with Crippen molar-refractivity contribution in [2.75, 3.05) is 12.9 Å². The number of nitrogens with zero attached hydrogens (tertiary/aromatic N) is 1. The second-order valence-electron chi connectivity index (χ2n) is 6.99. The van der Waals surface area contributed by atoms with Crippen LogP contribution in [-0.4, -0.2) is 35.9 Å².